The first-order valence-corrected chi connectivity index (χ1v) is 14.8. The van der Waals surface area contributed by atoms with Crippen molar-refractivity contribution in [2.24, 2.45) is 0 Å². The summed E-state index contributed by atoms with van der Waals surface area (Å²) in [4.78, 5) is 43.4. The van der Waals surface area contributed by atoms with Crippen LogP contribution in [0.1, 0.15) is 63.9 Å². The fourth-order valence-electron chi connectivity index (χ4n) is 6.36. The number of anilines is 1. The minimum absolute atomic E-state index is 0.297. The van der Waals surface area contributed by atoms with E-state index in [9.17, 15) is 14.4 Å². The summed E-state index contributed by atoms with van der Waals surface area (Å²) in [5.74, 6) is -1.79. The van der Waals surface area contributed by atoms with E-state index in [2.05, 4.69) is 25.8 Å². The third-order valence-electron chi connectivity index (χ3n) is 8.48. The van der Waals surface area contributed by atoms with E-state index in [1.165, 1.54) is 46.3 Å². The Morgan fingerprint density at radius 2 is 1.56 bits per heavy atom. The molecule has 2 heterocycles. The number of urea groups is 1. The molecule has 1 aliphatic carbocycles. The number of rotatable bonds is 9. The second kappa shape index (κ2) is 14.5. The monoisotopic (exact) mass is 567 g/mol. The van der Waals surface area contributed by atoms with Gasteiger partial charge in [0.15, 0.2) is 0 Å². The Hall–Kier alpha value is -3.37. The summed E-state index contributed by atoms with van der Waals surface area (Å²) >= 11 is 0. The molecule has 1 aromatic rings. The molecule has 10 nitrogen and oxygen atoms in total. The lowest BCUT2D eigenvalue weighted by molar-refractivity contribution is -0.137. The molecule has 0 spiro atoms. The van der Waals surface area contributed by atoms with Gasteiger partial charge in [-0.05, 0) is 57.4 Å². The number of esters is 2. The number of dihydropyridines is 1. The summed E-state index contributed by atoms with van der Waals surface area (Å²) in [6.45, 7) is 9.55. The van der Waals surface area contributed by atoms with E-state index >= 15 is 0 Å². The highest BCUT2D eigenvalue weighted by molar-refractivity contribution is 6.00. The molecular formula is C31H45N5O5. The Morgan fingerprint density at radius 1 is 0.927 bits per heavy atom. The van der Waals surface area contributed by atoms with E-state index in [1.807, 2.05) is 6.07 Å². The van der Waals surface area contributed by atoms with Crippen LogP contribution in [0.25, 0.3) is 0 Å². The zero-order valence-electron chi connectivity index (χ0n) is 24.9. The van der Waals surface area contributed by atoms with Crippen molar-refractivity contribution in [1.82, 2.24) is 20.4 Å². The predicted octanol–water partition coefficient (Wildman–Crippen LogP) is 3.73. The summed E-state index contributed by atoms with van der Waals surface area (Å²) in [5.41, 5.74) is 3.05. The molecule has 4 rings (SSSR count). The lowest BCUT2D eigenvalue weighted by atomic mass is 9.80. The Labute approximate surface area is 243 Å². The molecule has 0 atom stereocenters. The molecule has 2 aliphatic heterocycles. The molecular weight excluding hydrogens is 522 g/mol. The van der Waals surface area contributed by atoms with Crippen LogP contribution in [-0.4, -0.2) is 87.3 Å². The van der Waals surface area contributed by atoms with Crippen LogP contribution in [0.3, 0.4) is 0 Å². The van der Waals surface area contributed by atoms with Crippen molar-refractivity contribution in [3.8, 4) is 0 Å². The molecule has 1 saturated heterocycles. The molecule has 3 N–H and O–H groups in total. The molecule has 0 aromatic heterocycles. The molecule has 41 heavy (non-hydrogen) atoms. The minimum Gasteiger partial charge on any atom is -0.466 e. The summed E-state index contributed by atoms with van der Waals surface area (Å²) < 4.78 is 10.1. The summed E-state index contributed by atoms with van der Waals surface area (Å²) in [5, 5.41) is 8.94. The number of hydrogen-bond donors (Lipinski definition) is 3. The van der Waals surface area contributed by atoms with Gasteiger partial charge in [-0.25, -0.2) is 14.4 Å². The first-order valence-electron chi connectivity index (χ1n) is 14.8. The SMILES string of the molecule is COC(=O)C1=C(C)NC(C)=C(C(=O)OC)C1c1cccc(NC(=O)NCCCN2CCN(C3CCCCC3)CC2)c1. The molecule has 2 fully saturated rings. The fourth-order valence-corrected chi connectivity index (χ4v) is 6.36. The van der Waals surface area contributed by atoms with Crippen molar-refractivity contribution in [1.29, 1.82) is 0 Å². The Kier molecular flexibility index (Phi) is 10.8. The second-order valence-corrected chi connectivity index (χ2v) is 11.1. The highest BCUT2D eigenvalue weighted by Gasteiger charge is 2.37. The maximum Gasteiger partial charge on any atom is 0.336 e. The van der Waals surface area contributed by atoms with Crippen LogP contribution in [0.4, 0.5) is 10.5 Å². The lowest BCUT2D eigenvalue weighted by Crippen LogP contribution is -2.51. The maximum absolute atomic E-state index is 12.8. The van der Waals surface area contributed by atoms with Crippen molar-refractivity contribution in [2.75, 3.05) is 58.8 Å². The molecule has 0 unspecified atom stereocenters. The van der Waals surface area contributed by atoms with Crippen LogP contribution in [0, 0.1) is 0 Å². The number of hydrogen-bond acceptors (Lipinski definition) is 8. The third kappa shape index (κ3) is 7.68. The summed E-state index contributed by atoms with van der Waals surface area (Å²) in [7, 11) is 2.62. The lowest BCUT2D eigenvalue weighted by Gasteiger charge is -2.40. The first kappa shape index (κ1) is 30.6. The zero-order chi connectivity index (χ0) is 29.4. The van der Waals surface area contributed by atoms with Crippen LogP contribution in [0.5, 0.6) is 0 Å². The molecule has 3 aliphatic rings. The summed E-state index contributed by atoms with van der Waals surface area (Å²) in [6.07, 6.45) is 7.72. The van der Waals surface area contributed by atoms with E-state index in [-0.39, 0.29) is 6.03 Å². The van der Waals surface area contributed by atoms with E-state index < -0.39 is 17.9 Å². The van der Waals surface area contributed by atoms with Gasteiger partial charge in [-0.2, -0.15) is 0 Å². The Bertz CT molecular complexity index is 1130. The van der Waals surface area contributed by atoms with Crippen LogP contribution in [0.15, 0.2) is 46.8 Å². The average Bonchev–Trinajstić information content (AvgIpc) is 2.99. The van der Waals surface area contributed by atoms with E-state index in [4.69, 9.17) is 9.47 Å². The number of ether oxygens (including phenoxy) is 2. The van der Waals surface area contributed by atoms with Crippen molar-refractivity contribution in [3.05, 3.63) is 52.4 Å². The van der Waals surface area contributed by atoms with Gasteiger partial charge in [0, 0.05) is 55.8 Å². The largest absolute Gasteiger partial charge is 0.466 e. The van der Waals surface area contributed by atoms with Crippen molar-refractivity contribution < 1.29 is 23.9 Å². The number of methoxy groups -OCH3 is 2. The molecule has 224 valence electrons. The number of carbonyl (C=O) groups is 3. The minimum atomic E-state index is -0.709. The van der Waals surface area contributed by atoms with Gasteiger partial charge < -0.3 is 30.3 Å². The zero-order valence-corrected chi connectivity index (χ0v) is 24.9. The van der Waals surface area contributed by atoms with E-state index in [0.29, 0.717) is 40.3 Å². The number of piperazine rings is 1. The third-order valence-corrected chi connectivity index (χ3v) is 8.48. The number of nitrogens with zero attached hydrogens (tertiary/aromatic N) is 2. The van der Waals surface area contributed by atoms with Crippen molar-refractivity contribution in [3.63, 3.8) is 0 Å². The van der Waals surface area contributed by atoms with Gasteiger partial charge >= 0.3 is 18.0 Å². The number of benzene rings is 1. The first-order chi connectivity index (χ1) is 19.8. The van der Waals surface area contributed by atoms with Crippen LogP contribution < -0.4 is 16.0 Å². The van der Waals surface area contributed by atoms with Crippen LogP contribution in [0.2, 0.25) is 0 Å². The standard InChI is InChI=1S/C31H45N5O5/c1-21-26(29(37)40-3)28(27(22(2)33-21)30(38)41-4)23-10-8-11-24(20-23)34-31(39)32-14-9-15-35-16-18-36(19-17-35)25-12-6-5-7-13-25/h8,10-11,20,25,28,33H,5-7,9,12-19H2,1-4H3,(H2,32,34,39). The van der Waals surface area contributed by atoms with Crippen molar-refractivity contribution in [2.45, 2.75) is 64.3 Å². The smallest absolute Gasteiger partial charge is 0.336 e. The number of amides is 2. The molecule has 0 radical (unpaired) electrons. The molecule has 0 bridgehead atoms. The van der Waals surface area contributed by atoms with Crippen molar-refractivity contribution >= 4 is 23.7 Å². The topological polar surface area (TPSA) is 112 Å². The van der Waals surface area contributed by atoms with Gasteiger partial charge in [0.1, 0.15) is 0 Å². The molecule has 10 heteroatoms. The van der Waals surface area contributed by atoms with Gasteiger partial charge in [0.05, 0.1) is 31.3 Å². The summed E-state index contributed by atoms with van der Waals surface area (Å²) in [6, 6.07) is 7.64. The maximum atomic E-state index is 12.8. The van der Waals surface area contributed by atoms with E-state index in [0.717, 1.165) is 45.2 Å². The van der Waals surface area contributed by atoms with E-state index in [1.54, 1.807) is 32.0 Å². The molecule has 2 amide bonds. The Balaban J connectivity index is 1.31. The van der Waals surface area contributed by atoms with Crippen LogP contribution in [-0.2, 0) is 19.1 Å². The number of allylic oxidation sites excluding steroid dienone is 2. The molecule has 1 saturated carbocycles. The van der Waals surface area contributed by atoms with Gasteiger partial charge in [0.25, 0.3) is 0 Å². The van der Waals surface area contributed by atoms with Gasteiger partial charge in [-0.15, -0.1) is 0 Å². The number of nitrogens with one attached hydrogen (secondary N) is 3. The van der Waals surface area contributed by atoms with Gasteiger partial charge in [0.2, 0.25) is 0 Å². The van der Waals surface area contributed by atoms with Gasteiger partial charge in [-0.3, -0.25) is 4.90 Å². The highest BCUT2D eigenvalue weighted by atomic mass is 16.5. The van der Waals surface area contributed by atoms with Gasteiger partial charge in [-0.1, -0.05) is 31.4 Å². The average molecular weight is 568 g/mol. The fraction of sp³-hybridized carbons (Fsp3) is 0.581. The second-order valence-electron chi connectivity index (χ2n) is 11.1. The molecule has 1 aromatic carbocycles. The predicted molar refractivity (Wildman–Crippen MR) is 158 cm³/mol. The number of carbonyl (C=O) groups excluding carboxylic acids is 3. The quantitative estimate of drug-likeness (QED) is 0.306. The highest BCUT2D eigenvalue weighted by Crippen LogP contribution is 2.39. The van der Waals surface area contributed by atoms with Crippen LogP contribution >= 0.6 is 0 Å². The Morgan fingerprint density at radius 3 is 2.17 bits per heavy atom. The normalized spacial score (nSPS) is 19.5.